The number of aliphatic hydroxyl groups excluding tert-OH is 1. The van der Waals surface area contributed by atoms with Crippen LogP contribution < -0.4 is 0 Å². The first-order chi connectivity index (χ1) is 4.35. The van der Waals surface area contributed by atoms with Crippen LogP contribution in [-0.2, 0) is 9.47 Å². The minimum absolute atomic E-state index is 0.210. The zero-order valence-corrected chi connectivity index (χ0v) is 5.12. The SMILES string of the molecule is C=COC(CO)OC=C. The van der Waals surface area contributed by atoms with Crippen molar-refractivity contribution in [3.63, 3.8) is 0 Å². The van der Waals surface area contributed by atoms with E-state index in [9.17, 15) is 0 Å². The normalized spacial score (nSPS) is 8.67. The third kappa shape index (κ3) is 3.61. The lowest BCUT2D eigenvalue weighted by Crippen LogP contribution is -2.15. The van der Waals surface area contributed by atoms with E-state index < -0.39 is 6.29 Å². The van der Waals surface area contributed by atoms with E-state index in [1.807, 2.05) is 0 Å². The fourth-order valence-electron chi connectivity index (χ4n) is 0.333. The van der Waals surface area contributed by atoms with E-state index >= 15 is 0 Å². The summed E-state index contributed by atoms with van der Waals surface area (Å²) in [5.41, 5.74) is 0. The van der Waals surface area contributed by atoms with E-state index in [0.29, 0.717) is 0 Å². The van der Waals surface area contributed by atoms with Crippen molar-refractivity contribution in [2.24, 2.45) is 0 Å². The molecule has 0 unspecified atom stereocenters. The van der Waals surface area contributed by atoms with Crippen LogP contribution in [0.5, 0.6) is 0 Å². The molecule has 0 amide bonds. The highest BCUT2D eigenvalue weighted by molar-refractivity contribution is 4.56. The summed E-state index contributed by atoms with van der Waals surface area (Å²) in [5.74, 6) is 0. The topological polar surface area (TPSA) is 38.7 Å². The molecule has 3 nitrogen and oxygen atoms in total. The van der Waals surface area contributed by atoms with Crippen molar-refractivity contribution in [1.82, 2.24) is 0 Å². The number of hydrogen-bond acceptors (Lipinski definition) is 3. The van der Waals surface area contributed by atoms with Gasteiger partial charge in [-0.1, -0.05) is 13.2 Å². The Hall–Kier alpha value is -0.960. The summed E-state index contributed by atoms with van der Waals surface area (Å²) >= 11 is 0. The second-order valence-corrected chi connectivity index (χ2v) is 1.22. The number of rotatable bonds is 5. The number of aliphatic hydroxyl groups is 1. The second kappa shape index (κ2) is 5.18. The van der Waals surface area contributed by atoms with Gasteiger partial charge in [0.15, 0.2) is 0 Å². The summed E-state index contributed by atoms with van der Waals surface area (Å²) in [7, 11) is 0. The molecule has 0 saturated carbocycles. The maximum Gasteiger partial charge on any atom is 0.262 e. The fourth-order valence-corrected chi connectivity index (χ4v) is 0.333. The molecule has 0 heterocycles. The molecule has 0 bridgehead atoms. The quantitative estimate of drug-likeness (QED) is 0.438. The minimum atomic E-state index is -0.667. The van der Waals surface area contributed by atoms with Crippen LogP contribution in [0.15, 0.2) is 25.7 Å². The summed E-state index contributed by atoms with van der Waals surface area (Å²) < 4.78 is 9.30. The number of ether oxygens (including phenoxy) is 2. The standard InChI is InChI=1S/C6H10O3/c1-3-8-6(5-7)9-4-2/h3-4,6-7H,1-2,5H2. The van der Waals surface area contributed by atoms with E-state index in [0.717, 1.165) is 0 Å². The van der Waals surface area contributed by atoms with Gasteiger partial charge < -0.3 is 14.6 Å². The average molecular weight is 130 g/mol. The number of hydrogen-bond donors (Lipinski definition) is 1. The molecular formula is C6H10O3. The third-order valence-corrected chi connectivity index (χ3v) is 0.645. The van der Waals surface area contributed by atoms with Gasteiger partial charge in [-0.05, 0) is 0 Å². The smallest absolute Gasteiger partial charge is 0.262 e. The maximum absolute atomic E-state index is 8.44. The molecule has 0 aromatic heterocycles. The van der Waals surface area contributed by atoms with Crippen LogP contribution in [-0.4, -0.2) is 18.0 Å². The lowest BCUT2D eigenvalue weighted by Gasteiger charge is -2.11. The van der Waals surface area contributed by atoms with E-state index in [-0.39, 0.29) is 6.61 Å². The molecule has 0 fully saturated rings. The minimum Gasteiger partial charge on any atom is -0.461 e. The zero-order chi connectivity index (χ0) is 7.11. The van der Waals surface area contributed by atoms with Crippen LogP contribution in [0.1, 0.15) is 0 Å². The monoisotopic (exact) mass is 130 g/mol. The van der Waals surface area contributed by atoms with Gasteiger partial charge in [-0.25, -0.2) is 0 Å². The van der Waals surface area contributed by atoms with Gasteiger partial charge in [0, 0.05) is 0 Å². The average Bonchev–Trinajstić information content (AvgIpc) is 1.88. The molecule has 0 rings (SSSR count). The highest BCUT2D eigenvalue weighted by atomic mass is 16.7. The van der Waals surface area contributed by atoms with Gasteiger partial charge in [-0.15, -0.1) is 0 Å². The first kappa shape index (κ1) is 8.04. The molecule has 9 heavy (non-hydrogen) atoms. The van der Waals surface area contributed by atoms with Gasteiger partial charge in [0.05, 0.1) is 12.5 Å². The van der Waals surface area contributed by atoms with Crippen LogP contribution in [0.3, 0.4) is 0 Å². The Bertz CT molecular complexity index is 80.3. The Morgan fingerprint density at radius 1 is 1.33 bits per heavy atom. The third-order valence-electron chi connectivity index (χ3n) is 0.645. The molecule has 0 aliphatic rings. The van der Waals surface area contributed by atoms with Crippen molar-refractivity contribution in [3.8, 4) is 0 Å². The molecule has 0 radical (unpaired) electrons. The highest BCUT2D eigenvalue weighted by Crippen LogP contribution is 1.92. The molecule has 0 aliphatic heterocycles. The Kier molecular flexibility index (Phi) is 4.63. The first-order valence-electron chi connectivity index (χ1n) is 2.48. The van der Waals surface area contributed by atoms with Gasteiger partial charge in [0.1, 0.15) is 6.61 Å². The molecule has 0 aromatic carbocycles. The van der Waals surface area contributed by atoms with Crippen molar-refractivity contribution in [1.29, 1.82) is 0 Å². The second-order valence-electron chi connectivity index (χ2n) is 1.22. The van der Waals surface area contributed by atoms with E-state index in [1.54, 1.807) is 0 Å². The summed E-state index contributed by atoms with van der Waals surface area (Å²) in [6.07, 6.45) is 1.73. The van der Waals surface area contributed by atoms with Crippen LogP contribution >= 0.6 is 0 Å². The van der Waals surface area contributed by atoms with E-state index in [4.69, 9.17) is 5.11 Å². The predicted molar refractivity (Wildman–Crippen MR) is 33.4 cm³/mol. The van der Waals surface area contributed by atoms with E-state index in [2.05, 4.69) is 22.6 Å². The fraction of sp³-hybridized carbons (Fsp3) is 0.333. The highest BCUT2D eigenvalue weighted by Gasteiger charge is 2.01. The molecule has 0 aromatic rings. The van der Waals surface area contributed by atoms with Gasteiger partial charge in [-0.3, -0.25) is 0 Å². The van der Waals surface area contributed by atoms with Crippen molar-refractivity contribution in [2.45, 2.75) is 6.29 Å². The molecular weight excluding hydrogens is 120 g/mol. The Labute approximate surface area is 54.2 Å². The van der Waals surface area contributed by atoms with Crippen LogP contribution in [0, 0.1) is 0 Å². The zero-order valence-electron chi connectivity index (χ0n) is 5.12. The van der Waals surface area contributed by atoms with Crippen molar-refractivity contribution >= 4 is 0 Å². The van der Waals surface area contributed by atoms with Crippen molar-refractivity contribution in [2.75, 3.05) is 6.61 Å². The molecule has 0 spiro atoms. The van der Waals surface area contributed by atoms with E-state index in [1.165, 1.54) is 12.5 Å². The summed E-state index contributed by atoms with van der Waals surface area (Å²) in [6.45, 7) is 6.36. The molecule has 0 aliphatic carbocycles. The van der Waals surface area contributed by atoms with Gasteiger partial charge in [-0.2, -0.15) is 0 Å². The molecule has 3 heteroatoms. The largest absolute Gasteiger partial charge is 0.461 e. The predicted octanol–water partition coefficient (Wildman–Crippen LogP) is 0.625. The summed E-state index contributed by atoms with van der Waals surface area (Å²) in [6, 6.07) is 0. The first-order valence-corrected chi connectivity index (χ1v) is 2.48. The van der Waals surface area contributed by atoms with Crippen LogP contribution in [0.2, 0.25) is 0 Å². The van der Waals surface area contributed by atoms with Crippen molar-refractivity contribution in [3.05, 3.63) is 25.7 Å². The summed E-state index contributed by atoms with van der Waals surface area (Å²) in [5, 5.41) is 8.44. The Balaban J connectivity index is 3.39. The van der Waals surface area contributed by atoms with Gasteiger partial charge in [0.2, 0.25) is 0 Å². The molecule has 0 saturated heterocycles. The molecule has 1 N–H and O–H groups in total. The molecule has 0 atom stereocenters. The Morgan fingerprint density at radius 2 is 1.78 bits per heavy atom. The van der Waals surface area contributed by atoms with Gasteiger partial charge >= 0.3 is 0 Å². The summed E-state index contributed by atoms with van der Waals surface area (Å²) in [4.78, 5) is 0. The van der Waals surface area contributed by atoms with Crippen LogP contribution in [0.4, 0.5) is 0 Å². The maximum atomic E-state index is 8.44. The van der Waals surface area contributed by atoms with Crippen molar-refractivity contribution < 1.29 is 14.6 Å². The van der Waals surface area contributed by atoms with Crippen LogP contribution in [0.25, 0.3) is 0 Å². The Morgan fingerprint density at radius 3 is 2.00 bits per heavy atom. The van der Waals surface area contributed by atoms with Gasteiger partial charge in [0.25, 0.3) is 6.29 Å². The lowest BCUT2D eigenvalue weighted by atomic mass is 10.7. The molecule has 52 valence electrons. The lowest BCUT2D eigenvalue weighted by molar-refractivity contribution is -0.0908.